The molecule has 1 aliphatic rings. The number of nitrogens with one attached hydrogen (secondary N) is 1. The second-order valence-electron chi connectivity index (χ2n) is 4.91. The van der Waals surface area contributed by atoms with Gasteiger partial charge >= 0.3 is 0 Å². The molecule has 1 aromatic heterocycles. The molecule has 0 saturated carbocycles. The van der Waals surface area contributed by atoms with Gasteiger partial charge in [-0.25, -0.2) is 0 Å². The van der Waals surface area contributed by atoms with Crippen molar-refractivity contribution in [2.24, 2.45) is 0 Å². The van der Waals surface area contributed by atoms with Crippen molar-refractivity contribution in [1.82, 2.24) is 10.5 Å². The molecule has 1 aliphatic heterocycles. The lowest BCUT2D eigenvalue weighted by atomic mass is 9.99. The van der Waals surface area contributed by atoms with E-state index in [4.69, 9.17) is 9.26 Å². The van der Waals surface area contributed by atoms with Crippen molar-refractivity contribution < 1.29 is 14.1 Å². The van der Waals surface area contributed by atoms with Crippen molar-refractivity contribution in [1.29, 1.82) is 0 Å². The van der Waals surface area contributed by atoms with E-state index in [2.05, 4.69) is 22.6 Å². The van der Waals surface area contributed by atoms with Gasteiger partial charge in [-0.2, -0.15) is 0 Å². The van der Waals surface area contributed by atoms with E-state index in [0.29, 0.717) is 24.5 Å². The molecular weight excluding hydrogens is 256 g/mol. The van der Waals surface area contributed by atoms with E-state index < -0.39 is 0 Å². The molecule has 0 bridgehead atoms. The number of aryl methyl sites for hydroxylation is 1. The van der Waals surface area contributed by atoms with Crippen molar-refractivity contribution >= 4 is 5.91 Å². The van der Waals surface area contributed by atoms with Crippen LogP contribution in [0.15, 0.2) is 35.0 Å². The molecule has 0 aliphatic carbocycles. The number of rotatable bonds is 3. The maximum absolute atomic E-state index is 11.9. The third kappa shape index (κ3) is 2.58. The van der Waals surface area contributed by atoms with E-state index in [1.807, 2.05) is 12.1 Å². The normalized spacial score (nSPS) is 17.6. The van der Waals surface area contributed by atoms with Crippen LogP contribution in [0, 0.1) is 6.92 Å². The standard InChI is InChI=1S/C15H16N2O3/c1-10-14(8-17-20-10)15(18)16-7-13-6-11-4-2-3-5-12(11)9-19-13/h2-5,8,13H,6-7,9H2,1H3,(H,16,18). The molecule has 104 valence electrons. The Morgan fingerprint density at radius 2 is 2.20 bits per heavy atom. The van der Waals surface area contributed by atoms with E-state index in [1.54, 1.807) is 6.92 Å². The van der Waals surface area contributed by atoms with Gasteiger partial charge in [0, 0.05) is 13.0 Å². The Morgan fingerprint density at radius 1 is 1.40 bits per heavy atom. The summed E-state index contributed by atoms with van der Waals surface area (Å²) in [5.74, 6) is 0.351. The summed E-state index contributed by atoms with van der Waals surface area (Å²) in [6.07, 6.45) is 2.26. The average molecular weight is 272 g/mol. The Kier molecular flexibility index (Phi) is 3.52. The number of amides is 1. The molecular formula is C15H16N2O3. The van der Waals surface area contributed by atoms with Crippen LogP contribution in [-0.4, -0.2) is 23.7 Å². The van der Waals surface area contributed by atoms with Crippen molar-refractivity contribution in [2.45, 2.75) is 26.1 Å². The Balaban J connectivity index is 1.58. The van der Waals surface area contributed by atoms with Crippen molar-refractivity contribution in [3.05, 3.63) is 52.9 Å². The number of ether oxygens (including phenoxy) is 1. The van der Waals surface area contributed by atoms with Gasteiger partial charge in [0.25, 0.3) is 5.91 Å². The number of hydrogen-bond acceptors (Lipinski definition) is 4. The minimum absolute atomic E-state index is 0.00835. The van der Waals surface area contributed by atoms with Crippen LogP contribution in [0.25, 0.3) is 0 Å². The van der Waals surface area contributed by atoms with Crippen LogP contribution in [-0.2, 0) is 17.8 Å². The van der Waals surface area contributed by atoms with Gasteiger partial charge in [0.05, 0.1) is 18.9 Å². The molecule has 5 heteroatoms. The summed E-state index contributed by atoms with van der Waals surface area (Å²) in [4.78, 5) is 11.9. The van der Waals surface area contributed by atoms with E-state index in [1.165, 1.54) is 17.3 Å². The van der Waals surface area contributed by atoms with Crippen molar-refractivity contribution in [3.63, 3.8) is 0 Å². The molecule has 20 heavy (non-hydrogen) atoms. The van der Waals surface area contributed by atoms with Gasteiger partial charge in [0.15, 0.2) is 0 Å². The predicted molar refractivity (Wildman–Crippen MR) is 72.3 cm³/mol. The molecule has 1 amide bonds. The zero-order valence-electron chi connectivity index (χ0n) is 11.3. The predicted octanol–water partition coefficient (Wildman–Crippen LogP) is 1.85. The van der Waals surface area contributed by atoms with Gasteiger partial charge < -0.3 is 14.6 Å². The first-order chi connectivity index (χ1) is 9.74. The fraction of sp³-hybridized carbons (Fsp3) is 0.333. The Bertz CT molecular complexity index is 621. The summed E-state index contributed by atoms with van der Waals surface area (Å²) in [7, 11) is 0. The van der Waals surface area contributed by atoms with E-state index >= 15 is 0 Å². The van der Waals surface area contributed by atoms with Crippen molar-refractivity contribution in [2.75, 3.05) is 6.54 Å². The van der Waals surface area contributed by atoms with Gasteiger partial charge in [-0.1, -0.05) is 29.4 Å². The molecule has 0 spiro atoms. The number of hydrogen-bond donors (Lipinski definition) is 1. The number of carbonyl (C=O) groups is 1. The zero-order valence-corrected chi connectivity index (χ0v) is 11.3. The number of aromatic nitrogens is 1. The lowest BCUT2D eigenvalue weighted by molar-refractivity contribution is 0.0284. The topological polar surface area (TPSA) is 64.4 Å². The highest BCUT2D eigenvalue weighted by Gasteiger charge is 2.20. The molecule has 1 unspecified atom stereocenters. The minimum Gasteiger partial charge on any atom is -0.371 e. The largest absolute Gasteiger partial charge is 0.371 e. The monoisotopic (exact) mass is 272 g/mol. The summed E-state index contributed by atoms with van der Waals surface area (Å²) in [5, 5.41) is 6.46. The highest BCUT2D eigenvalue weighted by Crippen LogP contribution is 2.19. The molecule has 2 aromatic rings. The fourth-order valence-corrected chi connectivity index (χ4v) is 2.36. The molecule has 0 saturated heterocycles. The lowest BCUT2D eigenvalue weighted by Crippen LogP contribution is -2.36. The SMILES string of the molecule is Cc1oncc1C(=O)NCC1Cc2ccccc2CO1. The summed E-state index contributed by atoms with van der Waals surface area (Å²) in [6.45, 7) is 2.80. The minimum atomic E-state index is -0.175. The highest BCUT2D eigenvalue weighted by atomic mass is 16.5. The maximum Gasteiger partial charge on any atom is 0.256 e. The van der Waals surface area contributed by atoms with Crippen LogP contribution < -0.4 is 5.32 Å². The Labute approximate surface area is 116 Å². The van der Waals surface area contributed by atoms with Crippen LogP contribution in [0.2, 0.25) is 0 Å². The third-order valence-corrected chi connectivity index (χ3v) is 3.53. The van der Waals surface area contributed by atoms with Gasteiger partial charge in [0.2, 0.25) is 0 Å². The molecule has 5 nitrogen and oxygen atoms in total. The molecule has 1 N–H and O–H groups in total. The van der Waals surface area contributed by atoms with Crippen LogP contribution in [0.3, 0.4) is 0 Å². The summed E-state index contributed by atoms with van der Waals surface area (Å²) >= 11 is 0. The van der Waals surface area contributed by atoms with E-state index in [9.17, 15) is 4.79 Å². The van der Waals surface area contributed by atoms with E-state index in [-0.39, 0.29) is 12.0 Å². The summed E-state index contributed by atoms with van der Waals surface area (Å²) < 4.78 is 10.6. The highest BCUT2D eigenvalue weighted by molar-refractivity contribution is 5.94. The average Bonchev–Trinajstić information content (AvgIpc) is 2.91. The summed E-state index contributed by atoms with van der Waals surface area (Å²) in [5.41, 5.74) is 2.99. The van der Waals surface area contributed by atoms with Crippen LogP contribution >= 0.6 is 0 Å². The number of fused-ring (bicyclic) bond motifs is 1. The molecule has 1 aromatic carbocycles. The van der Waals surface area contributed by atoms with Gasteiger partial charge in [-0.15, -0.1) is 0 Å². The number of carbonyl (C=O) groups excluding carboxylic acids is 1. The molecule has 1 atom stereocenters. The molecule has 0 radical (unpaired) electrons. The second kappa shape index (κ2) is 5.46. The molecule has 2 heterocycles. The molecule has 3 rings (SSSR count). The lowest BCUT2D eigenvalue weighted by Gasteiger charge is -2.25. The Morgan fingerprint density at radius 3 is 2.95 bits per heavy atom. The first-order valence-electron chi connectivity index (χ1n) is 6.62. The van der Waals surface area contributed by atoms with Crippen LogP contribution in [0.1, 0.15) is 27.2 Å². The Hall–Kier alpha value is -2.14. The number of nitrogens with zero attached hydrogens (tertiary/aromatic N) is 1. The fourth-order valence-electron chi connectivity index (χ4n) is 2.36. The van der Waals surface area contributed by atoms with Gasteiger partial charge in [-0.3, -0.25) is 4.79 Å². The smallest absolute Gasteiger partial charge is 0.256 e. The quantitative estimate of drug-likeness (QED) is 0.926. The summed E-state index contributed by atoms with van der Waals surface area (Å²) in [6, 6.07) is 8.22. The first-order valence-corrected chi connectivity index (χ1v) is 6.62. The maximum atomic E-state index is 11.9. The molecule has 0 fully saturated rings. The van der Waals surface area contributed by atoms with Crippen molar-refractivity contribution in [3.8, 4) is 0 Å². The number of benzene rings is 1. The van der Waals surface area contributed by atoms with Gasteiger partial charge in [-0.05, 0) is 18.1 Å². The van der Waals surface area contributed by atoms with Crippen LogP contribution in [0.5, 0.6) is 0 Å². The van der Waals surface area contributed by atoms with Gasteiger partial charge in [0.1, 0.15) is 11.3 Å². The first kappa shape index (κ1) is 12.9. The third-order valence-electron chi connectivity index (χ3n) is 3.53. The van der Waals surface area contributed by atoms with Crippen LogP contribution in [0.4, 0.5) is 0 Å². The van der Waals surface area contributed by atoms with E-state index in [0.717, 1.165) is 6.42 Å². The second-order valence-corrected chi connectivity index (χ2v) is 4.91. The zero-order chi connectivity index (χ0) is 13.9.